The lowest BCUT2D eigenvalue weighted by Gasteiger charge is -2.26. The second-order valence-corrected chi connectivity index (χ2v) is 6.75. The number of rotatable bonds is 2. The molecule has 3 nitrogen and oxygen atoms in total. The first-order valence-electron chi connectivity index (χ1n) is 8.61. The fraction of sp³-hybridized carbons (Fsp3) is 0.286. The fourth-order valence-electron chi connectivity index (χ4n) is 3.75. The van der Waals surface area contributed by atoms with Crippen LogP contribution >= 0.6 is 0 Å². The van der Waals surface area contributed by atoms with E-state index in [2.05, 4.69) is 48.4 Å². The summed E-state index contributed by atoms with van der Waals surface area (Å²) in [6.07, 6.45) is 3.24. The van der Waals surface area contributed by atoms with Crippen molar-refractivity contribution in [1.82, 2.24) is 10.3 Å². The van der Waals surface area contributed by atoms with Gasteiger partial charge in [0.15, 0.2) is 0 Å². The molecule has 2 N–H and O–H groups in total. The molecule has 4 rings (SSSR count). The first-order valence-corrected chi connectivity index (χ1v) is 8.61. The Morgan fingerprint density at radius 2 is 2.00 bits per heavy atom. The molecule has 0 fully saturated rings. The summed E-state index contributed by atoms with van der Waals surface area (Å²) in [5.74, 6) is 0.0110. The monoisotopic (exact) mass is 318 g/mol. The third-order valence-corrected chi connectivity index (χ3v) is 5.25. The van der Waals surface area contributed by atoms with Gasteiger partial charge >= 0.3 is 0 Å². The molecular formula is C21H22N2O. The van der Waals surface area contributed by atoms with E-state index in [1.54, 1.807) is 0 Å². The number of hydrogen-bond donors (Lipinski definition) is 2. The standard InChI is InChI=1S/C21H22N2O/c1-13-14(2)22-20-11-10-16(12-18(13)20)21(24)23-19-9-5-7-15-6-3-4-8-17(15)19/h3-4,6,8,10-12,19,22H,5,7,9H2,1-2H3,(H,23,24)/t19-/m0/s1. The minimum absolute atomic E-state index is 0.0110. The van der Waals surface area contributed by atoms with Crippen molar-refractivity contribution in [2.75, 3.05) is 0 Å². The zero-order valence-corrected chi connectivity index (χ0v) is 14.1. The van der Waals surface area contributed by atoms with Gasteiger partial charge in [-0.3, -0.25) is 4.79 Å². The third kappa shape index (κ3) is 2.50. The number of benzene rings is 2. The second kappa shape index (κ2) is 5.82. The summed E-state index contributed by atoms with van der Waals surface area (Å²) in [6, 6.07) is 14.5. The maximum Gasteiger partial charge on any atom is 0.251 e. The number of nitrogens with one attached hydrogen (secondary N) is 2. The van der Waals surface area contributed by atoms with Crippen LogP contribution in [0.15, 0.2) is 42.5 Å². The summed E-state index contributed by atoms with van der Waals surface area (Å²) in [7, 11) is 0. The first-order chi connectivity index (χ1) is 11.6. The number of carbonyl (C=O) groups is 1. The number of fused-ring (bicyclic) bond motifs is 2. The molecule has 3 heteroatoms. The van der Waals surface area contributed by atoms with Crippen LogP contribution in [0.2, 0.25) is 0 Å². The van der Waals surface area contributed by atoms with Crippen LogP contribution in [0.1, 0.15) is 51.6 Å². The molecular weight excluding hydrogens is 296 g/mol. The van der Waals surface area contributed by atoms with Crippen LogP contribution in [0.3, 0.4) is 0 Å². The molecule has 1 aliphatic rings. The van der Waals surface area contributed by atoms with Crippen LogP contribution in [0.4, 0.5) is 0 Å². The van der Waals surface area contributed by atoms with Crippen molar-refractivity contribution in [2.24, 2.45) is 0 Å². The number of H-pyrrole nitrogens is 1. The molecule has 1 aromatic heterocycles. The smallest absolute Gasteiger partial charge is 0.251 e. The molecule has 3 aromatic rings. The van der Waals surface area contributed by atoms with E-state index in [0.717, 1.165) is 41.4 Å². The largest absolute Gasteiger partial charge is 0.358 e. The van der Waals surface area contributed by atoms with E-state index in [0.29, 0.717) is 0 Å². The minimum atomic E-state index is 0.0110. The van der Waals surface area contributed by atoms with Crippen molar-refractivity contribution in [3.05, 3.63) is 70.4 Å². The average molecular weight is 318 g/mol. The molecule has 1 heterocycles. The topological polar surface area (TPSA) is 44.9 Å². The molecule has 24 heavy (non-hydrogen) atoms. The number of carbonyl (C=O) groups excluding carboxylic acids is 1. The molecule has 0 aliphatic heterocycles. The highest BCUT2D eigenvalue weighted by Gasteiger charge is 2.22. The van der Waals surface area contributed by atoms with Gasteiger partial charge in [-0.15, -0.1) is 0 Å². The van der Waals surface area contributed by atoms with Crippen molar-refractivity contribution < 1.29 is 4.79 Å². The molecule has 2 aromatic carbocycles. The van der Waals surface area contributed by atoms with Crippen molar-refractivity contribution >= 4 is 16.8 Å². The fourth-order valence-corrected chi connectivity index (χ4v) is 3.75. The Morgan fingerprint density at radius 1 is 1.17 bits per heavy atom. The van der Waals surface area contributed by atoms with Crippen LogP contribution in [-0.4, -0.2) is 10.9 Å². The SMILES string of the molecule is Cc1[nH]c2ccc(C(=O)N[C@H]3CCCc4ccccc43)cc2c1C. The van der Waals surface area contributed by atoms with Gasteiger partial charge in [0.05, 0.1) is 6.04 Å². The lowest BCUT2D eigenvalue weighted by Crippen LogP contribution is -2.30. The number of amides is 1. The van der Waals surface area contributed by atoms with E-state index in [-0.39, 0.29) is 11.9 Å². The van der Waals surface area contributed by atoms with E-state index in [9.17, 15) is 4.79 Å². The van der Waals surface area contributed by atoms with Crippen molar-refractivity contribution in [1.29, 1.82) is 0 Å². The summed E-state index contributed by atoms with van der Waals surface area (Å²) in [4.78, 5) is 16.1. The number of aryl methyl sites for hydroxylation is 3. The van der Waals surface area contributed by atoms with Gasteiger partial charge in [-0.05, 0) is 68.0 Å². The van der Waals surface area contributed by atoms with Crippen LogP contribution in [0.5, 0.6) is 0 Å². The molecule has 0 radical (unpaired) electrons. The van der Waals surface area contributed by atoms with Gasteiger partial charge in [0.2, 0.25) is 0 Å². The zero-order chi connectivity index (χ0) is 16.7. The molecule has 1 atom stereocenters. The predicted molar refractivity (Wildman–Crippen MR) is 97.4 cm³/mol. The van der Waals surface area contributed by atoms with Crippen LogP contribution in [-0.2, 0) is 6.42 Å². The predicted octanol–water partition coefficient (Wildman–Crippen LogP) is 4.59. The summed E-state index contributed by atoms with van der Waals surface area (Å²) in [5, 5.41) is 4.36. The van der Waals surface area contributed by atoms with Crippen LogP contribution in [0, 0.1) is 13.8 Å². The van der Waals surface area contributed by atoms with Gasteiger partial charge in [-0.1, -0.05) is 24.3 Å². The molecule has 122 valence electrons. The molecule has 1 aliphatic carbocycles. The van der Waals surface area contributed by atoms with E-state index >= 15 is 0 Å². The van der Waals surface area contributed by atoms with E-state index in [1.807, 2.05) is 18.2 Å². The number of hydrogen-bond acceptors (Lipinski definition) is 1. The van der Waals surface area contributed by atoms with Crippen LogP contribution in [0.25, 0.3) is 10.9 Å². The van der Waals surface area contributed by atoms with E-state index < -0.39 is 0 Å². The lowest BCUT2D eigenvalue weighted by atomic mass is 9.87. The molecule has 0 bridgehead atoms. The molecule has 0 unspecified atom stereocenters. The summed E-state index contributed by atoms with van der Waals surface area (Å²) < 4.78 is 0. The quantitative estimate of drug-likeness (QED) is 0.713. The normalized spacial score (nSPS) is 16.8. The number of aromatic nitrogens is 1. The third-order valence-electron chi connectivity index (χ3n) is 5.25. The Morgan fingerprint density at radius 3 is 2.88 bits per heavy atom. The van der Waals surface area contributed by atoms with Gasteiger partial charge < -0.3 is 10.3 Å². The zero-order valence-electron chi connectivity index (χ0n) is 14.1. The highest BCUT2D eigenvalue weighted by molar-refractivity contribution is 5.99. The highest BCUT2D eigenvalue weighted by atomic mass is 16.1. The lowest BCUT2D eigenvalue weighted by molar-refractivity contribution is 0.0933. The summed E-state index contributed by atoms with van der Waals surface area (Å²) >= 11 is 0. The molecule has 0 saturated heterocycles. The molecule has 0 saturated carbocycles. The van der Waals surface area contributed by atoms with Gasteiger partial charge in [0.25, 0.3) is 5.91 Å². The maximum absolute atomic E-state index is 12.8. The van der Waals surface area contributed by atoms with E-state index in [1.165, 1.54) is 16.7 Å². The average Bonchev–Trinajstić information content (AvgIpc) is 2.89. The molecule has 0 spiro atoms. The number of aromatic amines is 1. The van der Waals surface area contributed by atoms with Gasteiger partial charge in [-0.2, -0.15) is 0 Å². The first kappa shape index (κ1) is 15.0. The summed E-state index contributed by atoms with van der Waals surface area (Å²) in [5.41, 5.74) is 6.82. The van der Waals surface area contributed by atoms with Gasteiger partial charge in [0.1, 0.15) is 0 Å². The Labute approximate surface area is 142 Å². The Bertz CT molecular complexity index is 923. The minimum Gasteiger partial charge on any atom is -0.358 e. The summed E-state index contributed by atoms with van der Waals surface area (Å²) in [6.45, 7) is 4.15. The highest BCUT2D eigenvalue weighted by Crippen LogP contribution is 2.30. The Kier molecular flexibility index (Phi) is 3.64. The second-order valence-electron chi connectivity index (χ2n) is 6.75. The van der Waals surface area contributed by atoms with E-state index in [4.69, 9.17) is 0 Å². The Hall–Kier alpha value is -2.55. The van der Waals surface area contributed by atoms with Crippen molar-refractivity contribution in [3.8, 4) is 0 Å². The van der Waals surface area contributed by atoms with Crippen molar-refractivity contribution in [2.45, 2.75) is 39.2 Å². The molecule has 1 amide bonds. The van der Waals surface area contributed by atoms with Crippen molar-refractivity contribution in [3.63, 3.8) is 0 Å². The van der Waals surface area contributed by atoms with Gasteiger partial charge in [0, 0.05) is 22.2 Å². The van der Waals surface area contributed by atoms with Crippen LogP contribution < -0.4 is 5.32 Å². The van der Waals surface area contributed by atoms with Gasteiger partial charge in [-0.25, -0.2) is 0 Å². The Balaban J connectivity index is 1.62. The maximum atomic E-state index is 12.8.